The molecule has 2 aromatic carbocycles. The van der Waals surface area contributed by atoms with Gasteiger partial charge in [0.2, 0.25) is 0 Å². The third-order valence-electron chi connectivity index (χ3n) is 3.72. The Morgan fingerprint density at radius 3 is 2.19 bits per heavy atom. The van der Waals surface area contributed by atoms with Gasteiger partial charge in [-0.15, -0.1) is 0 Å². The number of hydrogen-bond acceptors (Lipinski definition) is 1. The van der Waals surface area contributed by atoms with Crippen molar-refractivity contribution in [2.45, 2.75) is 33.4 Å². The van der Waals surface area contributed by atoms with Gasteiger partial charge in [0.25, 0.3) is 0 Å². The van der Waals surface area contributed by atoms with E-state index in [-0.39, 0.29) is 17.7 Å². The summed E-state index contributed by atoms with van der Waals surface area (Å²) in [6.07, 6.45) is 0. The summed E-state index contributed by atoms with van der Waals surface area (Å²) in [7, 11) is 0. The van der Waals surface area contributed by atoms with Gasteiger partial charge in [-0.2, -0.15) is 0 Å². The molecule has 3 heteroatoms. The highest BCUT2D eigenvalue weighted by molar-refractivity contribution is 5.27. The van der Waals surface area contributed by atoms with Crippen LogP contribution in [0.5, 0.6) is 0 Å². The van der Waals surface area contributed by atoms with Gasteiger partial charge in [-0.3, -0.25) is 0 Å². The van der Waals surface area contributed by atoms with Crippen molar-refractivity contribution in [1.29, 1.82) is 0 Å². The van der Waals surface area contributed by atoms with Gasteiger partial charge in [0.15, 0.2) is 0 Å². The lowest BCUT2D eigenvalue weighted by atomic mass is 9.95. The zero-order valence-electron chi connectivity index (χ0n) is 12.7. The molecule has 1 unspecified atom stereocenters. The molecule has 0 aliphatic carbocycles. The molecule has 1 N–H and O–H groups in total. The average molecular weight is 289 g/mol. The van der Waals surface area contributed by atoms with E-state index in [0.29, 0.717) is 12.5 Å². The van der Waals surface area contributed by atoms with Crippen LogP contribution in [0.2, 0.25) is 0 Å². The molecule has 0 saturated heterocycles. The van der Waals surface area contributed by atoms with E-state index in [9.17, 15) is 8.78 Å². The van der Waals surface area contributed by atoms with Crippen LogP contribution < -0.4 is 5.32 Å². The first-order valence-corrected chi connectivity index (χ1v) is 7.21. The molecule has 2 rings (SSSR count). The molecule has 0 aliphatic rings. The minimum absolute atomic E-state index is 0.105. The lowest BCUT2D eigenvalue weighted by molar-refractivity contribution is 0.409. The molecule has 0 spiro atoms. The second kappa shape index (κ2) is 6.81. The molecular formula is C18H21F2N. The summed E-state index contributed by atoms with van der Waals surface area (Å²) >= 11 is 0. The first-order chi connectivity index (χ1) is 9.97. The van der Waals surface area contributed by atoms with Gasteiger partial charge >= 0.3 is 0 Å². The van der Waals surface area contributed by atoms with Crippen LogP contribution in [0.15, 0.2) is 42.5 Å². The molecule has 1 nitrogen and oxygen atoms in total. The molecule has 0 heterocycles. The van der Waals surface area contributed by atoms with Crippen LogP contribution in [-0.4, -0.2) is 0 Å². The van der Waals surface area contributed by atoms with Gasteiger partial charge < -0.3 is 5.32 Å². The fourth-order valence-corrected chi connectivity index (χ4v) is 2.46. The Labute approximate surface area is 125 Å². The van der Waals surface area contributed by atoms with E-state index in [2.05, 4.69) is 19.2 Å². The minimum atomic E-state index is -0.234. The maximum absolute atomic E-state index is 13.3. The highest BCUT2D eigenvalue weighted by atomic mass is 19.1. The molecule has 0 aromatic heterocycles. The Kier molecular flexibility index (Phi) is 5.07. The fourth-order valence-electron chi connectivity index (χ4n) is 2.46. The predicted molar refractivity (Wildman–Crippen MR) is 82.0 cm³/mol. The Bertz CT molecular complexity index is 591. The number of halogens is 2. The lowest BCUT2D eigenvalue weighted by Gasteiger charge is -2.23. The summed E-state index contributed by atoms with van der Waals surface area (Å²) in [4.78, 5) is 0. The molecule has 21 heavy (non-hydrogen) atoms. The molecule has 0 amide bonds. The first-order valence-electron chi connectivity index (χ1n) is 7.21. The molecule has 0 aliphatic heterocycles. The summed E-state index contributed by atoms with van der Waals surface area (Å²) in [6.45, 7) is 6.78. The van der Waals surface area contributed by atoms with Gasteiger partial charge in [-0.1, -0.05) is 32.0 Å². The second-order valence-corrected chi connectivity index (χ2v) is 5.72. The van der Waals surface area contributed by atoms with Crippen molar-refractivity contribution in [3.63, 3.8) is 0 Å². The maximum Gasteiger partial charge on any atom is 0.123 e. The Morgan fingerprint density at radius 1 is 0.952 bits per heavy atom. The molecule has 1 atom stereocenters. The topological polar surface area (TPSA) is 12.0 Å². The van der Waals surface area contributed by atoms with Crippen molar-refractivity contribution in [2.24, 2.45) is 5.92 Å². The maximum atomic E-state index is 13.3. The third-order valence-corrected chi connectivity index (χ3v) is 3.72. The van der Waals surface area contributed by atoms with Gasteiger partial charge in [-0.25, -0.2) is 8.78 Å². The van der Waals surface area contributed by atoms with E-state index in [1.165, 1.54) is 18.2 Å². The summed E-state index contributed by atoms with van der Waals surface area (Å²) in [5.41, 5.74) is 3.05. The summed E-state index contributed by atoms with van der Waals surface area (Å²) < 4.78 is 26.4. The van der Waals surface area contributed by atoms with Crippen molar-refractivity contribution in [2.75, 3.05) is 0 Å². The standard InChI is InChI=1S/C18H21F2N/c1-12(2)18(14-5-8-16(19)9-6-14)21-11-15-10-17(20)7-4-13(15)3/h4-10,12,18,21H,11H2,1-3H3. The van der Waals surface area contributed by atoms with E-state index < -0.39 is 0 Å². The predicted octanol–water partition coefficient (Wildman–Crippen LogP) is 4.76. The van der Waals surface area contributed by atoms with Gasteiger partial charge in [0, 0.05) is 12.6 Å². The normalized spacial score (nSPS) is 12.7. The largest absolute Gasteiger partial charge is 0.306 e. The monoisotopic (exact) mass is 289 g/mol. The first kappa shape index (κ1) is 15.6. The molecule has 0 radical (unpaired) electrons. The summed E-state index contributed by atoms with van der Waals surface area (Å²) in [5, 5.41) is 3.45. The van der Waals surface area contributed by atoms with E-state index in [1.54, 1.807) is 24.3 Å². The Hall–Kier alpha value is -1.74. The summed E-state index contributed by atoms with van der Waals surface area (Å²) in [6, 6.07) is 11.5. The molecule has 2 aromatic rings. The van der Waals surface area contributed by atoms with Crippen molar-refractivity contribution in [3.8, 4) is 0 Å². The molecular weight excluding hydrogens is 268 g/mol. The third kappa shape index (κ3) is 4.11. The van der Waals surface area contributed by atoms with Crippen LogP contribution in [0, 0.1) is 24.5 Å². The van der Waals surface area contributed by atoms with Crippen molar-refractivity contribution < 1.29 is 8.78 Å². The summed E-state index contributed by atoms with van der Waals surface area (Å²) in [5.74, 6) is -0.105. The van der Waals surface area contributed by atoms with E-state index in [1.807, 2.05) is 6.92 Å². The van der Waals surface area contributed by atoms with Gasteiger partial charge in [0.05, 0.1) is 0 Å². The minimum Gasteiger partial charge on any atom is -0.306 e. The van der Waals surface area contributed by atoms with E-state index in [4.69, 9.17) is 0 Å². The Morgan fingerprint density at radius 2 is 1.57 bits per heavy atom. The zero-order valence-corrected chi connectivity index (χ0v) is 12.7. The smallest absolute Gasteiger partial charge is 0.123 e. The van der Waals surface area contributed by atoms with Crippen molar-refractivity contribution in [1.82, 2.24) is 5.32 Å². The Balaban J connectivity index is 2.13. The lowest BCUT2D eigenvalue weighted by Crippen LogP contribution is -2.25. The molecule has 0 fully saturated rings. The van der Waals surface area contributed by atoms with Crippen LogP contribution in [0.4, 0.5) is 8.78 Å². The number of rotatable bonds is 5. The van der Waals surface area contributed by atoms with Crippen molar-refractivity contribution >= 4 is 0 Å². The van der Waals surface area contributed by atoms with Crippen LogP contribution in [0.3, 0.4) is 0 Å². The SMILES string of the molecule is Cc1ccc(F)cc1CNC(c1ccc(F)cc1)C(C)C. The highest BCUT2D eigenvalue weighted by Crippen LogP contribution is 2.23. The van der Waals surface area contributed by atoms with Crippen LogP contribution in [0.25, 0.3) is 0 Å². The van der Waals surface area contributed by atoms with Gasteiger partial charge in [0.1, 0.15) is 11.6 Å². The number of aryl methyl sites for hydroxylation is 1. The second-order valence-electron chi connectivity index (χ2n) is 5.72. The van der Waals surface area contributed by atoms with E-state index >= 15 is 0 Å². The highest BCUT2D eigenvalue weighted by Gasteiger charge is 2.15. The number of benzene rings is 2. The van der Waals surface area contributed by atoms with Crippen LogP contribution in [0.1, 0.15) is 36.6 Å². The molecule has 0 bridgehead atoms. The molecule has 112 valence electrons. The number of nitrogens with one attached hydrogen (secondary N) is 1. The molecule has 0 saturated carbocycles. The zero-order chi connectivity index (χ0) is 15.4. The average Bonchev–Trinajstić information content (AvgIpc) is 2.44. The van der Waals surface area contributed by atoms with Gasteiger partial charge in [-0.05, 0) is 53.8 Å². The fraction of sp³-hybridized carbons (Fsp3) is 0.333. The van der Waals surface area contributed by atoms with E-state index in [0.717, 1.165) is 16.7 Å². The number of hydrogen-bond donors (Lipinski definition) is 1. The van der Waals surface area contributed by atoms with Crippen LogP contribution in [-0.2, 0) is 6.54 Å². The van der Waals surface area contributed by atoms with Crippen molar-refractivity contribution in [3.05, 3.63) is 70.8 Å². The van der Waals surface area contributed by atoms with Crippen LogP contribution >= 0.6 is 0 Å². The quantitative estimate of drug-likeness (QED) is 0.836.